The first-order valence-corrected chi connectivity index (χ1v) is 13.2. The van der Waals surface area contributed by atoms with Crippen molar-refractivity contribution >= 4 is 27.4 Å². The van der Waals surface area contributed by atoms with E-state index in [0.717, 1.165) is 31.6 Å². The van der Waals surface area contributed by atoms with Crippen LogP contribution in [0, 0.1) is 5.82 Å². The Hall–Kier alpha value is -2.69. The minimum Gasteiger partial charge on any atom is -0.371 e. The summed E-state index contributed by atoms with van der Waals surface area (Å²) in [5.41, 5.74) is 0.134. The van der Waals surface area contributed by atoms with Crippen LogP contribution in [-0.4, -0.2) is 67.3 Å². The highest BCUT2D eigenvalue weighted by atomic mass is 32.2. The number of halogens is 1. The lowest BCUT2D eigenvalue weighted by Gasteiger charge is -2.42. The van der Waals surface area contributed by atoms with Crippen LogP contribution in [0.25, 0.3) is 0 Å². The number of aromatic nitrogens is 2. The van der Waals surface area contributed by atoms with Gasteiger partial charge in [-0.15, -0.1) is 0 Å². The highest BCUT2D eigenvalue weighted by Crippen LogP contribution is 2.27. The number of carbonyl (C=O) groups excluding carboxylic acids is 1. The Bertz CT molecular complexity index is 1110. The largest absolute Gasteiger partial charge is 0.371 e. The number of nitrogens with zero attached hydrogens (tertiary/aromatic N) is 4. The van der Waals surface area contributed by atoms with Crippen LogP contribution in [0.4, 0.5) is 16.1 Å². The number of hydrogen-bond donors (Lipinski definition) is 1. The third kappa shape index (κ3) is 5.13. The first-order chi connectivity index (χ1) is 15.6. The molecule has 1 amide bonds. The molecule has 0 radical (unpaired) electrons. The van der Waals surface area contributed by atoms with Crippen molar-refractivity contribution in [3.63, 3.8) is 0 Å². The first kappa shape index (κ1) is 23.5. The topological polar surface area (TPSA) is 109 Å². The Kier molecular flexibility index (Phi) is 6.60. The van der Waals surface area contributed by atoms with Gasteiger partial charge in [0.05, 0.1) is 10.6 Å². The van der Waals surface area contributed by atoms with Crippen molar-refractivity contribution in [1.29, 1.82) is 0 Å². The van der Waals surface area contributed by atoms with Gasteiger partial charge in [-0.1, -0.05) is 19.0 Å². The molecular weight excluding hydrogens is 449 g/mol. The summed E-state index contributed by atoms with van der Waals surface area (Å²) in [6, 6.07) is 3.80. The predicted octanol–water partition coefficient (Wildman–Crippen LogP) is 2.81. The van der Waals surface area contributed by atoms with Crippen LogP contribution in [0.2, 0.25) is 0 Å². The van der Waals surface area contributed by atoms with Crippen molar-refractivity contribution in [2.45, 2.75) is 62.4 Å². The van der Waals surface area contributed by atoms with Gasteiger partial charge in [0.25, 0.3) is 0 Å². The maximum absolute atomic E-state index is 14.5. The zero-order valence-corrected chi connectivity index (χ0v) is 19.9. The molecule has 1 N–H and O–H groups in total. The third-order valence-electron chi connectivity index (χ3n) is 6.29. The molecule has 1 aromatic carbocycles. The fraction of sp³-hybridized carbons (Fsp3) is 0.591. The van der Waals surface area contributed by atoms with E-state index in [1.54, 1.807) is 0 Å². The fourth-order valence-corrected chi connectivity index (χ4v) is 5.02. The lowest BCUT2D eigenvalue weighted by molar-refractivity contribution is -0.137. The molecule has 9 nitrogen and oxygen atoms in total. The minimum atomic E-state index is -3.50. The van der Waals surface area contributed by atoms with Crippen LogP contribution in [0.5, 0.6) is 0 Å². The van der Waals surface area contributed by atoms with Crippen molar-refractivity contribution in [1.82, 2.24) is 15.0 Å². The van der Waals surface area contributed by atoms with Gasteiger partial charge < -0.3 is 19.6 Å². The van der Waals surface area contributed by atoms with Crippen molar-refractivity contribution < 1.29 is 22.1 Å². The van der Waals surface area contributed by atoms with Gasteiger partial charge in [0.15, 0.2) is 15.7 Å². The van der Waals surface area contributed by atoms with E-state index >= 15 is 0 Å². The summed E-state index contributed by atoms with van der Waals surface area (Å²) in [4.78, 5) is 21.5. The van der Waals surface area contributed by atoms with Gasteiger partial charge in [0.2, 0.25) is 5.91 Å². The Morgan fingerprint density at radius 2 is 1.91 bits per heavy atom. The van der Waals surface area contributed by atoms with Gasteiger partial charge in [-0.05, 0) is 43.9 Å². The number of carbonyl (C=O) groups is 1. The van der Waals surface area contributed by atoms with E-state index in [4.69, 9.17) is 4.52 Å². The van der Waals surface area contributed by atoms with Crippen LogP contribution in [0.1, 0.15) is 51.3 Å². The standard InChI is InChI=1S/C22H30FN5O4S/c1-14(2)20-25-22(32-26-20)27-11-8-15(9-12-27)28-10-4-5-19(21(28)29)24-18-7-6-16(13-17(18)23)33(3,30)31/h6-7,13-15,19,24H,4-5,8-12H2,1-3H3/t19-/m0/s1. The molecule has 1 atom stereocenters. The first-order valence-electron chi connectivity index (χ1n) is 11.3. The summed E-state index contributed by atoms with van der Waals surface area (Å²) >= 11 is 0. The van der Waals surface area contributed by atoms with Crippen molar-refractivity contribution in [2.75, 3.05) is 36.1 Å². The molecule has 11 heteroatoms. The molecule has 2 saturated heterocycles. The summed E-state index contributed by atoms with van der Waals surface area (Å²) in [5, 5.41) is 7.01. The van der Waals surface area contributed by atoms with Gasteiger partial charge >= 0.3 is 6.01 Å². The molecule has 4 rings (SSSR count). The second-order valence-electron chi connectivity index (χ2n) is 9.09. The van der Waals surface area contributed by atoms with E-state index in [9.17, 15) is 17.6 Å². The summed E-state index contributed by atoms with van der Waals surface area (Å²) in [7, 11) is -3.50. The smallest absolute Gasteiger partial charge is 0.324 e. The lowest BCUT2D eigenvalue weighted by atomic mass is 9.97. The molecule has 2 fully saturated rings. The Morgan fingerprint density at radius 1 is 1.18 bits per heavy atom. The molecule has 2 aromatic rings. The highest BCUT2D eigenvalue weighted by Gasteiger charge is 2.36. The number of anilines is 2. The SMILES string of the molecule is CC(C)c1noc(N2CCC(N3CCC[C@H](Nc4ccc(S(C)(=O)=O)cc4F)C3=O)CC2)n1. The number of hydrogen-bond acceptors (Lipinski definition) is 8. The normalized spacial score (nSPS) is 20.5. The molecule has 3 heterocycles. The van der Waals surface area contributed by atoms with E-state index in [1.165, 1.54) is 12.1 Å². The Morgan fingerprint density at radius 3 is 2.52 bits per heavy atom. The van der Waals surface area contributed by atoms with E-state index in [2.05, 4.69) is 20.4 Å². The van der Waals surface area contributed by atoms with E-state index in [1.807, 2.05) is 18.7 Å². The zero-order valence-electron chi connectivity index (χ0n) is 19.1. The van der Waals surface area contributed by atoms with E-state index < -0.39 is 21.7 Å². The van der Waals surface area contributed by atoms with Crippen LogP contribution >= 0.6 is 0 Å². The molecule has 33 heavy (non-hydrogen) atoms. The fourth-order valence-electron chi connectivity index (χ4n) is 4.39. The molecule has 1 aromatic heterocycles. The average molecular weight is 480 g/mol. The van der Waals surface area contributed by atoms with Crippen molar-refractivity contribution in [3.8, 4) is 0 Å². The number of piperidine rings is 2. The van der Waals surface area contributed by atoms with Crippen molar-refractivity contribution in [3.05, 3.63) is 29.8 Å². The maximum Gasteiger partial charge on any atom is 0.324 e. The van der Waals surface area contributed by atoms with Crippen LogP contribution < -0.4 is 10.2 Å². The number of nitrogens with one attached hydrogen (secondary N) is 1. The van der Waals surface area contributed by atoms with Gasteiger partial charge in [-0.2, -0.15) is 4.98 Å². The molecule has 2 aliphatic rings. The molecule has 0 saturated carbocycles. The molecule has 0 unspecified atom stereocenters. The zero-order chi connectivity index (χ0) is 23.8. The van der Waals surface area contributed by atoms with Gasteiger partial charge in [0.1, 0.15) is 11.9 Å². The number of amides is 1. The second-order valence-corrected chi connectivity index (χ2v) is 11.1. The summed E-state index contributed by atoms with van der Waals surface area (Å²) in [5.74, 6) is 0.148. The Balaban J connectivity index is 1.38. The van der Waals surface area contributed by atoms with Crippen molar-refractivity contribution in [2.24, 2.45) is 0 Å². The number of sulfone groups is 1. The summed E-state index contributed by atoms with van der Waals surface area (Å²) < 4.78 is 43.2. The van der Waals surface area contributed by atoms with Crippen LogP contribution in [0.15, 0.2) is 27.6 Å². The molecule has 0 bridgehead atoms. The summed E-state index contributed by atoms with van der Waals surface area (Å²) in [6.45, 7) is 6.13. The highest BCUT2D eigenvalue weighted by molar-refractivity contribution is 7.90. The molecule has 2 aliphatic heterocycles. The molecule has 0 aliphatic carbocycles. The van der Waals surface area contributed by atoms with Gasteiger partial charge in [-0.3, -0.25) is 4.79 Å². The van der Waals surface area contributed by atoms with E-state index in [0.29, 0.717) is 37.9 Å². The molecule has 0 spiro atoms. The molecule has 180 valence electrons. The maximum atomic E-state index is 14.5. The van der Waals surface area contributed by atoms with E-state index in [-0.39, 0.29) is 28.4 Å². The quantitative estimate of drug-likeness (QED) is 0.674. The number of likely N-dealkylation sites (tertiary alicyclic amines) is 1. The van der Waals surface area contributed by atoms with Crippen LogP contribution in [0.3, 0.4) is 0 Å². The number of rotatable bonds is 6. The lowest BCUT2D eigenvalue weighted by Crippen LogP contribution is -2.54. The van der Waals surface area contributed by atoms with Gasteiger partial charge in [0, 0.05) is 37.8 Å². The second kappa shape index (κ2) is 9.28. The predicted molar refractivity (Wildman–Crippen MR) is 121 cm³/mol. The minimum absolute atomic E-state index is 0.0498. The number of benzene rings is 1. The Labute approximate surface area is 193 Å². The summed E-state index contributed by atoms with van der Waals surface area (Å²) in [6.07, 6.45) is 4.02. The van der Waals surface area contributed by atoms with Crippen LogP contribution in [-0.2, 0) is 14.6 Å². The van der Waals surface area contributed by atoms with Gasteiger partial charge in [-0.25, -0.2) is 12.8 Å². The monoisotopic (exact) mass is 479 g/mol. The molecular formula is C22H30FN5O4S. The third-order valence-corrected chi connectivity index (χ3v) is 7.40. The average Bonchev–Trinajstić information content (AvgIpc) is 3.27.